The third-order valence-electron chi connectivity index (χ3n) is 1.83. The van der Waals surface area contributed by atoms with Crippen LogP contribution in [0.4, 0.5) is 0 Å². The van der Waals surface area contributed by atoms with Crippen LogP contribution in [-0.2, 0) is 9.53 Å². The lowest BCUT2D eigenvalue weighted by Crippen LogP contribution is -2.15. The van der Waals surface area contributed by atoms with Crippen LogP contribution in [0.25, 0.3) is 0 Å². The standard InChI is InChI=1S/C8H14O2/c1-4-6-8(10-6)7(9)5(2)3/h5-6,8H,4H2,1-3H3/t6-,8+/m1/s1. The first-order chi connectivity index (χ1) is 4.66. The summed E-state index contributed by atoms with van der Waals surface area (Å²) in [6.45, 7) is 5.87. The van der Waals surface area contributed by atoms with E-state index in [0.717, 1.165) is 6.42 Å². The van der Waals surface area contributed by atoms with E-state index in [1.165, 1.54) is 0 Å². The molecule has 1 heterocycles. The molecule has 0 spiro atoms. The molecule has 0 bridgehead atoms. The van der Waals surface area contributed by atoms with Gasteiger partial charge in [-0.3, -0.25) is 4.79 Å². The molecule has 1 saturated heterocycles. The van der Waals surface area contributed by atoms with Gasteiger partial charge in [0.2, 0.25) is 0 Å². The summed E-state index contributed by atoms with van der Waals surface area (Å²) in [7, 11) is 0. The SMILES string of the molecule is CC[C@H]1O[C@@H]1C(=O)C(C)C. The normalized spacial score (nSPS) is 30.8. The second-order valence-electron chi connectivity index (χ2n) is 3.06. The lowest BCUT2D eigenvalue weighted by Gasteiger charge is -1.97. The van der Waals surface area contributed by atoms with Crippen molar-refractivity contribution in [2.24, 2.45) is 5.92 Å². The van der Waals surface area contributed by atoms with Crippen molar-refractivity contribution < 1.29 is 9.53 Å². The quantitative estimate of drug-likeness (QED) is 0.557. The molecule has 0 unspecified atom stereocenters. The molecule has 0 amide bonds. The van der Waals surface area contributed by atoms with E-state index in [1.54, 1.807) is 0 Å². The Kier molecular flexibility index (Phi) is 2.09. The molecule has 0 aromatic carbocycles. The van der Waals surface area contributed by atoms with E-state index in [9.17, 15) is 4.79 Å². The van der Waals surface area contributed by atoms with Crippen molar-refractivity contribution in [1.29, 1.82) is 0 Å². The molecule has 0 aromatic rings. The Hall–Kier alpha value is -0.370. The molecule has 1 aliphatic heterocycles. The first-order valence-corrected chi connectivity index (χ1v) is 3.86. The smallest absolute Gasteiger partial charge is 0.166 e. The Morgan fingerprint density at radius 2 is 2.20 bits per heavy atom. The minimum atomic E-state index is -0.0648. The van der Waals surface area contributed by atoms with E-state index in [4.69, 9.17) is 4.74 Å². The molecular formula is C8H14O2. The zero-order valence-corrected chi connectivity index (χ0v) is 6.76. The summed E-state index contributed by atoms with van der Waals surface area (Å²) >= 11 is 0. The molecule has 0 aromatic heterocycles. The van der Waals surface area contributed by atoms with E-state index < -0.39 is 0 Å². The average molecular weight is 142 g/mol. The van der Waals surface area contributed by atoms with Gasteiger partial charge in [0.1, 0.15) is 6.10 Å². The van der Waals surface area contributed by atoms with Gasteiger partial charge in [0.05, 0.1) is 6.10 Å². The summed E-state index contributed by atoms with van der Waals surface area (Å²) in [5.41, 5.74) is 0. The summed E-state index contributed by atoms with van der Waals surface area (Å²) in [6, 6.07) is 0. The molecule has 0 N–H and O–H groups in total. The van der Waals surface area contributed by atoms with Crippen molar-refractivity contribution >= 4 is 5.78 Å². The summed E-state index contributed by atoms with van der Waals surface area (Å²) in [6.07, 6.45) is 1.13. The second-order valence-corrected chi connectivity index (χ2v) is 3.06. The number of carbonyl (C=O) groups is 1. The summed E-state index contributed by atoms with van der Waals surface area (Å²) in [4.78, 5) is 11.1. The summed E-state index contributed by atoms with van der Waals surface area (Å²) in [5, 5.41) is 0. The molecule has 58 valence electrons. The number of ketones is 1. The number of Topliss-reactive ketones (excluding diaryl/α,β-unsaturated/α-hetero) is 1. The molecule has 0 aliphatic carbocycles. The highest BCUT2D eigenvalue weighted by atomic mass is 16.6. The van der Waals surface area contributed by atoms with Crippen molar-refractivity contribution in [2.45, 2.75) is 39.4 Å². The average Bonchev–Trinajstić information content (AvgIpc) is 2.64. The highest BCUT2D eigenvalue weighted by Gasteiger charge is 2.43. The Morgan fingerprint density at radius 1 is 1.60 bits per heavy atom. The van der Waals surface area contributed by atoms with Gasteiger partial charge in [-0.25, -0.2) is 0 Å². The van der Waals surface area contributed by atoms with Crippen LogP contribution in [0, 0.1) is 5.92 Å². The van der Waals surface area contributed by atoms with Gasteiger partial charge in [-0.05, 0) is 6.42 Å². The topological polar surface area (TPSA) is 29.6 Å². The molecule has 2 atom stereocenters. The third-order valence-corrected chi connectivity index (χ3v) is 1.83. The van der Waals surface area contributed by atoms with Crippen molar-refractivity contribution in [2.75, 3.05) is 0 Å². The maximum absolute atomic E-state index is 11.1. The van der Waals surface area contributed by atoms with Crippen LogP contribution < -0.4 is 0 Å². The van der Waals surface area contributed by atoms with Crippen molar-refractivity contribution in [3.05, 3.63) is 0 Å². The number of carbonyl (C=O) groups excluding carboxylic acids is 1. The lowest BCUT2D eigenvalue weighted by atomic mass is 10.0. The van der Waals surface area contributed by atoms with Gasteiger partial charge in [-0.1, -0.05) is 20.8 Å². The van der Waals surface area contributed by atoms with Crippen LogP contribution >= 0.6 is 0 Å². The first-order valence-electron chi connectivity index (χ1n) is 3.86. The number of ether oxygens (including phenoxy) is 1. The van der Waals surface area contributed by atoms with Gasteiger partial charge in [-0.15, -0.1) is 0 Å². The first kappa shape index (κ1) is 7.73. The minimum absolute atomic E-state index is 0.0648. The van der Waals surface area contributed by atoms with Gasteiger partial charge >= 0.3 is 0 Å². The Bertz CT molecular complexity index is 140. The largest absolute Gasteiger partial charge is 0.361 e. The Morgan fingerprint density at radius 3 is 2.50 bits per heavy atom. The number of hydrogen-bond donors (Lipinski definition) is 0. The fourth-order valence-electron chi connectivity index (χ4n) is 1.03. The van der Waals surface area contributed by atoms with E-state index in [-0.39, 0.29) is 23.9 Å². The Labute approximate surface area is 61.6 Å². The van der Waals surface area contributed by atoms with Gasteiger partial charge in [-0.2, -0.15) is 0 Å². The highest BCUT2D eigenvalue weighted by molar-refractivity contribution is 5.87. The van der Waals surface area contributed by atoms with E-state index >= 15 is 0 Å². The van der Waals surface area contributed by atoms with Gasteiger partial charge < -0.3 is 4.74 Å². The molecule has 1 aliphatic rings. The summed E-state index contributed by atoms with van der Waals surface area (Å²) in [5.74, 6) is 0.383. The molecule has 10 heavy (non-hydrogen) atoms. The minimum Gasteiger partial charge on any atom is -0.361 e. The zero-order valence-electron chi connectivity index (χ0n) is 6.76. The van der Waals surface area contributed by atoms with Crippen LogP contribution in [0.3, 0.4) is 0 Å². The number of hydrogen-bond acceptors (Lipinski definition) is 2. The van der Waals surface area contributed by atoms with Crippen LogP contribution in [-0.4, -0.2) is 18.0 Å². The van der Waals surface area contributed by atoms with Gasteiger partial charge in [0.25, 0.3) is 0 Å². The second kappa shape index (κ2) is 2.70. The monoisotopic (exact) mass is 142 g/mol. The molecule has 0 saturated carbocycles. The maximum atomic E-state index is 11.1. The lowest BCUT2D eigenvalue weighted by molar-refractivity contribution is -0.123. The molecule has 0 radical (unpaired) electrons. The van der Waals surface area contributed by atoms with E-state index in [1.807, 2.05) is 20.8 Å². The summed E-state index contributed by atoms with van der Waals surface area (Å²) < 4.78 is 5.14. The fourth-order valence-corrected chi connectivity index (χ4v) is 1.03. The van der Waals surface area contributed by atoms with Crippen LogP contribution in [0.5, 0.6) is 0 Å². The van der Waals surface area contributed by atoms with Gasteiger partial charge in [0.15, 0.2) is 5.78 Å². The van der Waals surface area contributed by atoms with Crippen molar-refractivity contribution in [3.63, 3.8) is 0 Å². The van der Waals surface area contributed by atoms with Crippen LogP contribution in [0.2, 0.25) is 0 Å². The maximum Gasteiger partial charge on any atom is 0.166 e. The van der Waals surface area contributed by atoms with Gasteiger partial charge in [0, 0.05) is 5.92 Å². The number of rotatable bonds is 3. The fraction of sp³-hybridized carbons (Fsp3) is 0.875. The van der Waals surface area contributed by atoms with Crippen LogP contribution in [0.1, 0.15) is 27.2 Å². The molecular weight excluding hydrogens is 128 g/mol. The van der Waals surface area contributed by atoms with E-state index in [0.29, 0.717) is 0 Å². The molecule has 2 heteroatoms. The molecule has 2 nitrogen and oxygen atoms in total. The van der Waals surface area contributed by atoms with Crippen molar-refractivity contribution in [3.8, 4) is 0 Å². The predicted molar refractivity (Wildman–Crippen MR) is 38.8 cm³/mol. The van der Waals surface area contributed by atoms with Crippen LogP contribution in [0.15, 0.2) is 0 Å². The molecule has 1 fully saturated rings. The van der Waals surface area contributed by atoms with Crippen molar-refractivity contribution in [1.82, 2.24) is 0 Å². The third kappa shape index (κ3) is 1.37. The predicted octanol–water partition coefficient (Wildman–Crippen LogP) is 1.39. The highest BCUT2D eigenvalue weighted by Crippen LogP contribution is 2.27. The van der Waals surface area contributed by atoms with E-state index in [2.05, 4.69) is 0 Å². The number of epoxide rings is 1. The zero-order chi connectivity index (χ0) is 7.72. The molecule has 1 rings (SSSR count). The Balaban J connectivity index is 2.33.